The smallest absolute Gasteiger partial charge is 0.124 e. The second-order valence-corrected chi connectivity index (χ2v) is 7.07. The molecule has 0 saturated carbocycles. The summed E-state index contributed by atoms with van der Waals surface area (Å²) < 4.78 is 14.6. The van der Waals surface area contributed by atoms with Crippen molar-refractivity contribution in [3.05, 3.63) is 63.2 Å². The van der Waals surface area contributed by atoms with Crippen molar-refractivity contribution < 1.29 is 4.39 Å². The summed E-state index contributed by atoms with van der Waals surface area (Å²) in [4.78, 5) is 5.83. The van der Waals surface area contributed by atoms with E-state index >= 15 is 0 Å². The number of aromatic nitrogens is 1. The molecule has 1 nitrogen and oxygen atoms in total. The van der Waals surface area contributed by atoms with Gasteiger partial charge in [-0.1, -0.05) is 28.1 Å². The topological polar surface area (TPSA) is 12.9 Å². The highest BCUT2D eigenvalue weighted by Gasteiger charge is 2.12. The van der Waals surface area contributed by atoms with Crippen molar-refractivity contribution in [2.24, 2.45) is 0 Å². The van der Waals surface area contributed by atoms with Crippen molar-refractivity contribution in [3.63, 3.8) is 0 Å². The summed E-state index contributed by atoms with van der Waals surface area (Å²) in [6.45, 7) is 3.94. The molecule has 3 rings (SSSR count). The third-order valence-corrected chi connectivity index (χ3v) is 4.75. The number of nitrogens with zero attached hydrogens (tertiary/aromatic N) is 1. The lowest BCUT2D eigenvalue weighted by atomic mass is 10.1. The molecule has 3 aromatic rings. The van der Waals surface area contributed by atoms with Crippen LogP contribution >= 0.6 is 27.3 Å². The van der Waals surface area contributed by atoms with Crippen LogP contribution in [0, 0.1) is 19.7 Å². The van der Waals surface area contributed by atoms with Crippen molar-refractivity contribution in [1.82, 2.24) is 4.98 Å². The lowest BCUT2D eigenvalue weighted by molar-refractivity contribution is 0.627. The quantitative estimate of drug-likeness (QED) is 0.545. The van der Waals surface area contributed by atoms with E-state index in [9.17, 15) is 4.39 Å². The van der Waals surface area contributed by atoms with Crippen LogP contribution in [0.15, 0.2) is 46.9 Å². The molecular formula is C17H13BrFNS. The van der Waals surface area contributed by atoms with Gasteiger partial charge in [-0.05, 0) is 49.7 Å². The summed E-state index contributed by atoms with van der Waals surface area (Å²) in [6.07, 6.45) is 0. The maximum absolute atomic E-state index is 13.6. The lowest BCUT2D eigenvalue weighted by Gasteiger charge is -2.00. The van der Waals surface area contributed by atoms with Crippen LogP contribution in [0.3, 0.4) is 0 Å². The molecule has 0 spiro atoms. The van der Waals surface area contributed by atoms with Gasteiger partial charge in [0, 0.05) is 20.5 Å². The van der Waals surface area contributed by atoms with Gasteiger partial charge in [0.2, 0.25) is 0 Å². The Morgan fingerprint density at radius 2 is 1.71 bits per heavy atom. The average molecular weight is 362 g/mol. The molecule has 0 aliphatic heterocycles. The molecule has 1 heterocycles. The van der Waals surface area contributed by atoms with Crippen LogP contribution in [0.4, 0.5) is 4.39 Å². The zero-order valence-corrected chi connectivity index (χ0v) is 14.1. The van der Waals surface area contributed by atoms with E-state index in [2.05, 4.69) is 15.9 Å². The molecule has 0 fully saturated rings. The molecule has 0 radical (unpaired) electrons. The van der Waals surface area contributed by atoms with Crippen LogP contribution in [-0.2, 0) is 0 Å². The minimum absolute atomic E-state index is 0.219. The first-order valence-corrected chi connectivity index (χ1v) is 8.15. The normalized spacial score (nSPS) is 10.9. The number of rotatable bonds is 2. The Bertz CT molecular complexity index is 773. The first-order chi connectivity index (χ1) is 10.0. The predicted octanol–water partition coefficient (Wildman–Crippen LogP) is 6.00. The van der Waals surface area contributed by atoms with Gasteiger partial charge in [-0.3, -0.25) is 0 Å². The number of thiazole rings is 1. The van der Waals surface area contributed by atoms with E-state index in [4.69, 9.17) is 4.98 Å². The Morgan fingerprint density at radius 1 is 1.00 bits per heavy atom. The lowest BCUT2D eigenvalue weighted by Crippen LogP contribution is -1.84. The van der Waals surface area contributed by atoms with E-state index in [0.29, 0.717) is 0 Å². The number of aryl methyl sites for hydroxylation is 2. The Labute approximate surface area is 135 Å². The van der Waals surface area contributed by atoms with E-state index in [0.717, 1.165) is 36.7 Å². The van der Waals surface area contributed by atoms with Crippen LogP contribution in [-0.4, -0.2) is 4.98 Å². The molecule has 2 aromatic carbocycles. The maximum atomic E-state index is 13.6. The minimum atomic E-state index is -0.219. The van der Waals surface area contributed by atoms with Crippen LogP contribution in [0.1, 0.15) is 10.4 Å². The third kappa shape index (κ3) is 3.06. The summed E-state index contributed by atoms with van der Waals surface area (Å²) in [7, 11) is 0. The predicted molar refractivity (Wildman–Crippen MR) is 90.1 cm³/mol. The second-order valence-electron chi connectivity index (χ2n) is 4.95. The van der Waals surface area contributed by atoms with Crippen LogP contribution in [0.5, 0.6) is 0 Å². The highest BCUT2D eigenvalue weighted by atomic mass is 79.9. The molecule has 21 heavy (non-hydrogen) atoms. The van der Waals surface area contributed by atoms with Gasteiger partial charge in [0.1, 0.15) is 10.8 Å². The number of halogens is 2. The molecule has 0 aliphatic rings. The molecule has 4 heteroatoms. The molecule has 0 unspecified atom stereocenters. The van der Waals surface area contributed by atoms with Crippen molar-refractivity contribution in [1.29, 1.82) is 0 Å². The molecule has 0 bridgehead atoms. The molecule has 106 valence electrons. The monoisotopic (exact) mass is 361 g/mol. The fourth-order valence-corrected chi connectivity index (χ4v) is 3.44. The van der Waals surface area contributed by atoms with Gasteiger partial charge in [0.05, 0.1) is 5.69 Å². The zero-order chi connectivity index (χ0) is 15.0. The van der Waals surface area contributed by atoms with E-state index in [1.54, 1.807) is 11.3 Å². The van der Waals surface area contributed by atoms with Gasteiger partial charge in [0.15, 0.2) is 0 Å². The van der Waals surface area contributed by atoms with Crippen LogP contribution < -0.4 is 0 Å². The molecule has 0 atom stereocenters. The SMILES string of the molecule is Cc1cc(F)cc(-c2nc(-c3ccc(Br)cc3)c(C)s2)c1. The van der Waals surface area contributed by atoms with Crippen molar-refractivity contribution >= 4 is 27.3 Å². The van der Waals surface area contributed by atoms with Crippen LogP contribution in [0.2, 0.25) is 0 Å². The van der Waals surface area contributed by atoms with E-state index in [1.165, 1.54) is 12.1 Å². The standard InChI is InChI=1S/C17H13BrFNS/c1-10-7-13(9-15(19)8-10)17-20-16(11(2)21-17)12-3-5-14(18)6-4-12/h3-9H,1-2H3. The molecule has 1 aromatic heterocycles. The minimum Gasteiger partial charge on any atom is -0.236 e. The Kier molecular flexibility index (Phi) is 3.91. The second kappa shape index (κ2) is 5.70. The Hall–Kier alpha value is -1.52. The van der Waals surface area contributed by atoms with Gasteiger partial charge >= 0.3 is 0 Å². The highest BCUT2D eigenvalue weighted by Crippen LogP contribution is 2.34. The van der Waals surface area contributed by atoms with Gasteiger partial charge in [-0.25, -0.2) is 9.37 Å². The van der Waals surface area contributed by atoms with Gasteiger partial charge in [-0.2, -0.15) is 0 Å². The van der Waals surface area contributed by atoms with Crippen molar-refractivity contribution in [2.75, 3.05) is 0 Å². The summed E-state index contributed by atoms with van der Waals surface area (Å²) in [5, 5.41) is 0.855. The summed E-state index contributed by atoms with van der Waals surface area (Å²) >= 11 is 5.03. The summed E-state index contributed by atoms with van der Waals surface area (Å²) in [5.41, 5.74) is 3.78. The molecule has 0 N–H and O–H groups in total. The van der Waals surface area contributed by atoms with Gasteiger partial charge in [-0.15, -0.1) is 11.3 Å². The number of hydrogen-bond donors (Lipinski definition) is 0. The van der Waals surface area contributed by atoms with Crippen molar-refractivity contribution in [3.8, 4) is 21.8 Å². The van der Waals surface area contributed by atoms with E-state index in [-0.39, 0.29) is 5.82 Å². The summed E-state index contributed by atoms with van der Waals surface area (Å²) in [6, 6.07) is 13.1. The summed E-state index contributed by atoms with van der Waals surface area (Å²) in [5.74, 6) is -0.219. The van der Waals surface area contributed by atoms with Gasteiger partial charge < -0.3 is 0 Å². The van der Waals surface area contributed by atoms with E-state index in [1.807, 2.05) is 44.2 Å². The van der Waals surface area contributed by atoms with E-state index < -0.39 is 0 Å². The molecule has 0 aliphatic carbocycles. The fourth-order valence-electron chi connectivity index (χ4n) is 2.26. The average Bonchev–Trinajstić information content (AvgIpc) is 2.81. The largest absolute Gasteiger partial charge is 0.236 e. The highest BCUT2D eigenvalue weighted by molar-refractivity contribution is 9.10. The number of hydrogen-bond acceptors (Lipinski definition) is 2. The van der Waals surface area contributed by atoms with Gasteiger partial charge in [0.25, 0.3) is 0 Å². The van der Waals surface area contributed by atoms with Crippen LogP contribution in [0.25, 0.3) is 21.8 Å². The fraction of sp³-hybridized carbons (Fsp3) is 0.118. The molecule has 0 saturated heterocycles. The molecular weight excluding hydrogens is 349 g/mol. The third-order valence-electron chi connectivity index (χ3n) is 3.20. The van der Waals surface area contributed by atoms with Crippen molar-refractivity contribution in [2.45, 2.75) is 13.8 Å². The Morgan fingerprint density at radius 3 is 2.38 bits per heavy atom. The first kappa shape index (κ1) is 14.4. The zero-order valence-electron chi connectivity index (χ0n) is 11.7. The first-order valence-electron chi connectivity index (χ1n) is 6.54. The Balaban J connectivity index is 2.07. The number of benzene rings is 2. The molecule has 0 amide bonds. The maximum Gasteiger partial charge on any atom is 0.124 e.